The predicted octanol–water partition coefficient (Wildman–Crippen LogP) is 5.91. The Morgan fingerprint density at radius 3 is 2.51 bits per heavy atom. The second-order valence-corrected chi connectivity index (χ2v) is 11.6. The number of carbonyl (C=O) groups excluding carboxylic acids is 2. The Morgan fingerprint density at radius 1 is 1.00 bits per heavy atom. The van der Waals surface area contributed by atoms with E-state index in [1.54, 1.807) is 16.7 Å². The van der Waals surface area contributed by atoms with Gasteiger partial charge in [0.1, 0.15) is 12.4 Å². The molecule has 1 atom stereocenters. The molecule has 6 nitrogen and oxygen atoms in total. The minimum absolute atomic E-state index is 0.0335. The smallest absolute Gasteiger partial charge is 0.240 e. The summed E-state index contributed by atoms with van der Waals surface area (Å²) < 4.78 is 1.90. The van der Waals surface area contributed by atoms with Gasteiger partial charge in [0.2, 0.25) is 11.8 Å². The molecule has 0 unspecified atom stereocenters. The van der Waals surface area contributed by atoms with E-state index in [-0.39, 0.29) is 35.4 Å². The first-order chi connectivity index (χ1) is 18.9. The van der Waals surface area contributed by atoms with E-state index in [2.05, 4.69) is 68.6 Å². The maximum atomic E-state index is 13.8. The maximum absolute atomic E-state index is 13.8. The van der Waals surface area contributed by atoms with Crippen LogP contribution in [0.4, 0.5) is 5.82 Å². The van der Waals surface area contributed by atoms with Crippen LogP contribution in [-0.2, 0) is 9.59 Å². The molecule has 0 saturated heterocycles. The maximum Gasteiger partial charge on any atom is 0.240 e. The zero-order valence-corrected chi connectivity index (χ0v) is 23.3. The number of aryl methyl sites for hydroxylation is 2. The van der Waals surface area contributed by atoms with Gasteiger partial charge < -0.3 is 5.32 Å². The van der Waals surface area contributed by atoms with E-state index in [9.17, 15) is 9.59 Å². The molecule has 3 aromatic carbocycles. The first-order valence-corrected chi connectivity index (χ1v) is 14.5. The Balaban J connectivity index is 1.63. The van der Waals surface area contributed by atoms with E-state index in [0.717, 1.165) is 57.6 Å². The van der Waals surface area contributed by atoms with Crippen LogP contribution < -0.4 is 10.2 Å². The summed E-state index contributed by atoms with van der Waals surface area (Å²) in [5, 5.41) is 8.16. The van der Waals surface area contributed by atoms with Crippen molar-refractivity contribution in [3.8, 4) is 16.9 Å². The molecule has 1 aromatic heterocycles. The number of hydrogen-bond acceptors (Lipinski definition) is 4. The molecule has 1 N–H and O–H groups in total. The van der Waals surface area contributed by atoms with E-state index in [0.29, 0.717) is 5.82 Å². The van der Waals surface area contributed by atoms with Gasteiger partial charge in [-0.1, -0.05) is 72.3 Å². The van der Waals surface area contributed by atoms with Crippen LogP contribution in [0, 0.1) is 20.8 Å². The van der Waals surface area contributed by atoms with Gasteiger partial charge in [0.15, 0.2) is 0 Å². The molecular weight excluding hydrogens is 504 g/mol. The van der Waals surface area contributed by atoms with Gasteiger partial charge in [0, 0.05) is 17.2 Å². The number of fused-ring (bicyclic) bond motifs is 1. The third-order valence-electron chi connectivity index (χ3n) is 7.53. The standard InChI is InChI=1S/C32H32N4O2S/c1-20-9-7-13-24(17-20)31-29-30(23-11-5-4-6-12-23)34-36(26-14-8-10-21(2)22(26)3)32(29)35(28(38)19-39-31)18-27(37)33-25-15-16-25/h4-14,17,25,31H,15-16,18-19H2,1-3H3,(H,33,37)/t31-/m1/s1. The minimum atomic E-state index is -0.134. The fourth-order valence-corrected chi connectivity index (χ4v) is 6.39. The fraction of sp³-hybridized carbons (Fsp3) is 0.281. The van der Waals surface area contributed by atoms with Crippen molar-refractivity contribution < 1.29 is 9.59 Å². The molecule has 2 heterocycles. The average Bonchev–Trinajstić information content (AvgIpc) is 3.68. The van der Waals surface area contributed by atoms with Crippen molar-refractivity contribution in [1.82, 2.24) is 15.1 Å². The summed E-state index contributed by atoms with van der Waals surface area (Å²) in [6.45, 7) is 6.21. The van der Waals surface area contributed by atoms with Crippen LogP contribution in [0.3, 0.4) is 0 Å². The van der Waals surface area contributed by atoms with E-state index >= 15 is 0 Å². The number of rotatable bonds is 6. The highest BCUT2D eigenvalue weighted by Gasteiger charge is 2.38. The highest BCUT2D eigenvalue weighted by atomic mass is 32.2. The lowest BCUT2D eigenvalue weighted by Gasteiger charge is -2.24. The molecule has 0 spiro atoms. The second kappa shape index (κ2) is 10.4. The number of hydrogen-bond donors (Lipinski definition) is 1. The number of benzene rings is 3. The molecule has 4 aromatic rings. The van der Waals surface area contributed by atoms with Gasteiger partial charge in [-0.25, -0.2) is 4.68 Å². The lowest BCUT2D eigenvalue weighted by atomic mass is 9.98. The number of anilines is 1. The van der Waals surface area contributed by atoms with Crippen LogP contribution in [0.15, 0.2) is 72.8 Å². The van der Waals surface area contributed by atoms with Crippen molar-refractivity contribution in [2.45, 2.75) is 44.9 Å². The zero-order chi connectivity index (χ0) is 27.1. The molecule has 198 valence electrons. The van der Waals surface area contributed by atoms with Crippen molar-refractivity contribution in [3.05, 3.63) is 101 Å². The topological polar surface area (TPSA) is 67.2 Å². The second-order valence-electron chi connectivity index (χ2n) is 10.5. The van der Waals surface area contributed by atoms with Crippen LogP contribution in [0.1, 0.15) is 45.9 Å². The van der Waals surface area contributed by atoms with E-state index in [1.807, 2.05) is 35.0 Å². The SMILES string of the molecule is Cc1cccc([C@H]2SCC(=O)N(CC(=O)NC3CC3)c3c2c(-c2ccccc2)nn3-c2cccc(C)c2C)c1. The van der Waals surface area contributed by atoms with Gasteiger partial charge in [-0.2, -0.15) is 5.10 Å². The highest BCUT2D eigenvalue weighted by Crippen LogP contribution is 2.48. The van der Waals surface area contributed by atoms with Crippen LogP contribution in [-0.4, -0.2) is 39.9 Å². The number of carbonyl (C=O) groups is 2. The fourth-order valence-electron chi connectivity index (χ4n) is 5.20. The Bertz CT molecular complexity index is 1560. The first kappa shape index (κ1) is 25.4. The van der Waals surface area contributed by atoms with Crippen LogP contribution in [0.5, 0.6) is 0 Å². The molecule has 1 aliphatic heterocycles. The van der Waals surface area contributed by atoms with Crippen molar-refractivity contribution in [3.63, 3.8) is 0 Å². The highest BCUT2D eigenvalue weighted by molar-refractivity contribution is 8.00. The number of aromatic nitrogens is 2. The van der Waals surface area contributed by atoms with Gasteiger partial charge in [-0.05, 0) is 56.4 Å². The minimum Gasteiger partial charge on any atom is -0.352 e. The van der Waals surface area contributed by atoms with E-state index in [1.165, 1.54) is 0 Å². The first-order valence-electron chi connectivity index (χ1n) is 13.4. The molecule has 0 radical (unpaired) electrons. The molecule has 0 bridgehead atoms. The molecule has 1 fully saturated rings. The Morgan fingerprint density at radius 2 is 1.77 bits per heavy atom. The zero-order valence-electron chi connectivity index (χ0n) is 22.5. The summed E-state index contributed by atoms with van der Waals surface area (Å²) in [6, 6.07) is 25.0. The van der Waals surface area contributed by atoms with Gasteiger partial charge in [0.25, 0.3) is 0 Å². The summed E-state index contributed by atoms with van der Waals surface area (Å²) in [5.41, 5.74) is 8.18. The van der Waals surface area contributed by atoms with Gasteiger partial charge in [0.05, 0.1) is 22.4 Å². The third kappa shape index (κ3) is 4.99. The van der Waals surface area contributed by atoms with Crippen molar-refractivity contribution in [1.29, 1.82) is 0 Å². The number of amides is 2. The lowest BCUT2D eigenvalue weighted by molar-refractivity contribution is -0.123. The van der Waals surface area contributed by atoms with Crippen molar-refractivity contribution in [2.24, 2.45) is 0 Å². The van der Waals surface area contributed by atoms with E-state index in [4.69, 9.17) is 5.10 Å². The van der Waals surface area contributed by atoms with Crippen LogP contribution in [0.2, 0.25) is 0 Å². The Labute approximate surface area is 233 Å². The largest absolute Gasteiger partial charge is 0.352 e. The summed E-state index contributed by atoms with van der Waals surface area (Å²) >= 11 is 1.60. The Kier molecular flexibility index (Phi) is 6.77. The predicted molar refractivity (Wildman–Crippen MR) is 157 cm³/mol. The summed E-state index contributed by atoms with van der Waals surface area (Å²) in [5.74, 6) is 0.722. The monoisotopic (exact) mass is 536 g/mol. The summed E-state index contributed by atoms with van der Waals surface area (Å²) in [7, 11) is 0. The van der Waals surface area contributed by atoms with Gasteiger partial charge in [-0.15, -0.1) is 11.8 Å². The Hall–Kier alpha value is -3.84. The number of thioether (sulfide) groups is 1. The van der Waals surface area contributed by atoms with Crippen LogP contribution >= 0.6 is 11.8 Å². The van der Waals surface area contributed by atoms with Gasteiger partial charge >= 0.3 is 0 Å². The molecule has 2 aliphatic rings. The molecular formula is C32H32N4O2S. The summed E-state index contributed by atoms with van der Waals surface area (Å²) in [4.78, 5) is 28.6. The average molecular weight is 537 g/mol. The van der Waals surface area contributed by atoms with Crippen LogP contribution in [0.25, 0.3) is 16.9 Å². The quantitative estimate of drug-likeness (QED) is 0.333. The normalized spacial score (nSPS) is 17.1. The van der Waals surface area contributed by atoms with E-state index < -0.39 is 0 Å². The van der Waals surface area contributed by atoms with Crippen molar-refractivity contribution in [2.75, 3.05) is 17.2 Å². The third-order valence-corrected chi connectivity index (χ3v) is 8.78. The van der Waals surface area contributed by atoms with Gasteiger partial charge in [-0.3, -0.25) is 14.5 Å². The number of nitrogens with one attached hydrogen (secondary N) is 1. The molecule has 1 aliphatic carbocycles. The summed E-state index contributed by atoms with van der Waals surface area (Å²) in [6.07, 6.45) is 1.99. The molecule has 2 amide bonds. The molecule has 7 heteroatoms. The molecule has 39 heavy (non-hydrogen) atoms. The lowest BCUT2D eigenvalue weighted by Crippen LogP contribution is -2.43. The molecule has 6 rings (SSSR count). The number of nitrogens with zero attached hydrogens (tertiary/aromatic N) is 3. The molecule has 1 saturated carbocycles. The van der Waals surface area contributed by atoms with Crippen molar-refractivity contribution >= 4 is 29.4 Å².